The number of benzene rings is 2. The predicted molar refractivity (Wildman–Crippen MR) is 138 cm³/mol. The maximum absolute atomic E-state index is 13.4. The number of para-hydroxylation sites is 1. The number of aryl methyl sites for hydroxylation is 3. The molecule has 7 nitrogen and oxygen atoms in total. The molecule has 1 amide bonds. The quantitative estimate of drug-likeness (QED) is 0.443. The molecule has 0 bridgehead atoms. The lowest BCUT2D eigenvalue weighted by Crippen LogP contribution is -2.42. The molecule has 4 heterocycles. The van der Waals surface area contributed by atoms with E-state index in [9.17, 15) is 4.79 Å². The van der Waals surface area contributed by atoms with Crippen LogP contribution in [0, 0.1) is 26.7 Å². The molecule has 2 aromatic heterocycles. The highest BCUT2D eigenvalue weighted by Gasteiger charge is 2.33. The van der Waals surface area contributed by atoms with Crippen molar-refractivity contribution >= 4 is 28.3 Å². The Balaban J connectivity index is 1.25. The fraction of sp³-hybridized carbons (Fsp3) is 0.357. The minimum atomic E-state index is 0.0400. The van der Waals surface area contributed by atoms with Crippen LogP contribution in [0.3, 0.4) is 0 Å². The van der Waals surface area contributed by atoms with Crippen molar-refractivity contribution < 1.29 is 4.79 Å². The van der Waals surface area contributed by atoms with Gasteiger partial charge in [0.2, 0.25) is 5.91 Å². The van der Waals surface area contributed by atoms with Crippen molar-refractivity contribution in [2.75, 3.05) is 29.4 Å². The Morgan fingerprint density at radius 2 is 1.66 bits per heavy atom. The molecule has 0 aliphatic carbocycles. The number of hydrogen-bond acceptors (Lipinski definition) is 5. The smallest absolute Gasteiger partial charge is 0.230 e. The van der Waals surface area contributed by atoms with Gasteiger partial charge in [-0.15, -0.1) is 5.10 Å². The van der Waals surface area contributed by atoms with Gasteiger partial charge in [0, 0.05) is 31.2 Å². The van der Waals surface area contributed by atoms with E-state index in [2.05, 4.69) is 71.4 Å². The number of nitrogens with zero attached hydrogens (tertiary/aromatic N) is 6. The van der Waals surface area contributed by atoms with Crippen molar-refractivity contribution in [2.45, 2.75) is 40.0 Å². The standard InChI is InChI=1S/C28H30N6O/c1-18-8-10-23(11-9-18)34-20(3)25-19(2)29-30-27(26(25)31-34)32-15-12-22(13-16-32)28(35)33-17-14-21-6-4-5-7-24(21)33/h4-11,22H,12-17H2,1-3H3. The Hall–Kier alpha value is -3.74. The number of carbonyl (C=O) groups is 1. The first-order valence-corrected chi connectivity index (χ1v) is 12.4. The molecule has 2 aliphatic heterocycles. The number of aromatic nitrogens is 4. The summed E-state index contributed by atoms with van der Waals surface area (Å²) in [6, 6.07) is 16.7. The fourth-order valence-corrected chi connectivity index (χ4v) is 5.59. The number of hydrogen-bond donors (Lipinski definition) is 0. The van der Waals surface area contributed by atoms with Gasteiger partial charge in [0.1, 0.15) is 5.52 Å². The van der Waals surface area contributed by atoms with E-state index >= 15 is 0 Å². The molecule has 2 aliphatic rings. The van der Waals surface area contributed by atoms with Gasteiger partial charge in [-0.25, -0.2) is 4.68 Å². The van der Waals surface area contributed by atoms with E-state index in [1.54, 1.807) is 0 Å². The third-order valence-electron chi connectivity index (χ3n) is 7.56. The molecule has 178 valence electrons. The number of amides is 1. The van der Waals surface area contributed by atoms with Crippen LogP contribution in [0.4, 0.5) is 11.5 Å². The van der Waals surface area contributed by atoms with Crippen LogP contribution < -0.4 is 9.80 Å². The van der Waals surface area contributed by atoms with Crippen molar-refractivity contribution in [1.82, 2.24) is 20.0 Å². The molecule has 2 aromatic carbocycles. The molecule has 7 heteroatoms. The van der Waals surface area contributed by atoms with E-state index in [-0.39, 0.29) is 11.8 Å². The third-order valence-corrected chi connectivity index (χ3v) is 7.56. The van der Waals surface area contributed by atoms with Crippen molar-refractivity contribution in [3.63, 3.8) is 0 Å². The fourth-order valence-electron chi connectivity index (χ4n) is 5.59. The zero-order chi connectivity index (χ0) is 24.1. The number of piperidine rings is 1. The van der Waals surface area contributed by atoms with Crippen LogP contribution in [0.15, 0.2) is 48.5 Å². The van der Waals surface area contributed by atoms with Crippen molar-refractivity contribution in [3.8, 4) is 5.69 Å². The zero-order valence-electron chi connectivity index (χ0n) is 20.5. The first-order chi connectivity index (χ1) is 17.0. The summed E-state index contributed by atoms with van der Waals surface area (Å²) in [5, 5.41) is 15.1. The second-order valence-electron chi connectivity index (χ2n) is 9.80. The van der Waals surface area contributed by atoms with Crippen LogP contribution >= 0.6 is 0 Å². The van der Waals surface area contributed by atoms with Gasteiger partial charge >= 0.3 is 0 Å². The lowest BCUT2D eigenvalue weighted by Gasteiger charge is -2.33. The second kappa shape index (κ2) is 8.48. The lowest BCUT2D eigenvalue weighted by atomic mass is 9.95. The molecular weight excluding hydrogens is 436 g/mol. The molecule has 0 atom stereocenters. The maximum Gasteiger partial charge on any atom is 0.230 e. The van der Waals surface area contributed by atoms with Gasteiger partial charge in [-0.3, -0.25) is 4.79 Å². The van der Waals surface area contributed by atoms with E-state index < -0.39 is 0 Å². The van der Waals surface area contributed by atoms with E-state index in [4.69, 9.17) is 5.10 Å². The van der Waals surface area contributed by atoms with Crippen molar-refractivity contribution in [3.05, 3.63) is 71.0 Å². The highest BCUT2D eigenvalue weighted by Crippen LogP contribution is 2.34. The van der Waals surface area contributed by atoms with Gasteiger partial charge in [0.15, 0.2) is 5.82 Å². The molecule has 0 saturated carbocycles. The van der Waals surface area contributed by atoms with Gasteiger partial charge in [-0.05, 0) is 63.8 Å². The molecule has 4 aromatic rings. The Bertz CT molecular complexity index is 1420. The predicted octanol–water partition coefficient (Wildman–Crippen LogP) is 4.55. The van der Waals surface area contributed by atoms with Gasteiger partial charge in [-0.1, -0.05) is 35.9 Å². The van der Waals surface area contributed by atoms with Gasteiger partial charge in [-0.2, -0.15) is 10.2 Å². The van der Waals surface area contributed by atoms with E-state index in [0.29, 0.717) is 0 Å². The molecule has 0 radical (unpaired) electrons. The summed E-state index contributed by atoms with van der Waals surface area (Å²) >= 11 is 0. The molecule has 0 spiro atoms. The first-order valence-electron chi connectivity index (χ1n) is 12.4. The largest absolute Gasteiger partial charge is 0.353 e. The van der Waals surface area contributed by atoms with Crippen LogP contribution in [0.2, 0.25) is 0 Å². The zero-order valence-corrected chi connectivity index (χ0v) is 20.5. The van der Waals surface area contributed by atoms with Crippen LogP contribution in [0.1, 0.15) is 35.4 Å². The minimum absolute atomic E-state index is 0.0400. The number of rotatable bonds is 3. The monoisotopic (exact) mass is 466 g/mol. The number of carbonyl (C=O) groups excluding carboxylic acids is 1. The molecule has 1 fully saturated rings. The minimum Gasteiger partial charge on any atom is -0.353 e. The summed E-state index contributed by atoms with van der Waals surface area (Å²) in [6.07, 6.45) is 2.57. The number of anilines is 2. The van der Waals surface area contributed by atoms with Crippen LogP contribution in [0.5, 0.6) is 0 Å². The van der Waals surface area contributed by atoms with Crippen molar-refractivity contribution in [2.24, 2.45) is 5.92 Å². The van der Waals surface area contributed by atoms with Crippen LogP contribution in [-0.2, 0) is 11.2 Å². The highest BCUT2D eigenvalue weighted by molar-refractivity contribution is 5.97. The van der Waals surface area contributed by atoms with E-state index in [1.807, 2.05) is 22.6 Å². The normalized spacial score (nSPS) is 16.2. The Kier molecular flexibility index (Phi) is 5.28. The van der Waals surface area contributed by atoms with Crippen molar-refractivity contribution in [1.29, 1.82) is 0 Å². The first kappa shape index (κ1) is 21.8. The highest BCUT2D eigenvalue weighted by atomic mass is 16.2. The van der Waals surface area contributed by atoms with Gasteiger partial charge < -0.3 is 9.80 Å². The second-order valence-corrected chi connectivity index (χ2v) is 9.80. The molecule has 1 saturated heterocycles. The summed E-state index contributed by atoms with van der Waals surface area (Å²) in [7, 11) is 0. The summed E-state index contributed by atoms with van der Waals surface area (Å²) < 4.78 is 1.99. The Labute approximate surface area is 205 Å². The lowest BCUT2D eigenvalue weighted by molar-refractivity contribution is -0.122. The Morgan fingerprint density at radius 1 is 0.914 bits per heavy atom. The van der Waals surface area contributed by atoms with Gasteiger partial charge in [0.05, 0.1) is 22.5 Å². The van der Waals surface area contributed by atoms with Gasteiger partial charge in [0.25, 0.3) is 0 Å². The van der Waals surface area contributed by atoms with E-state index in [1.165, 1.54) is 11.1 Å². The summed E-state index contributed by atoms with van der Waals surface area (Å²) in [5.41, 5.74) is 7.45. The molecule has 0 unspecified atom stereocenters. The summed E-state index contributed by atoms with van der Waals surface area (Å²) in [6.45, 7) is 8.50. The molecule has 0 N–H and O–H groups in total. The maximum atomic E-state index is 13.4. The average molecular weight is 467 g/mol. The molecular formula is C28H30N6O. The van der Waals surface area contributed by atoms with E-state index in [0.717, 1.165) is 78.4 Å². The number of fused-ring (bicyclic) bond motifs is 2. The Morgan fingerprint density at radius 3 is 2.43 bits per heavy atom. The average Bonchev–Trinajstić information content (AvgIpc) is 3.47. The third kappa shape index (κ3) is 3.66. The molecule has 35 heavy (non-hydrogen) atoms. The van der Waals surface area contributed by atoms with Crippen LogP contribution in [-0.4, -0.2) is 45.5 Å². The SMILES string of the molecule is Cc1ccc(-n2nc3c(N4CCC(C(=O)N5CCc6ccccc65)CC4)nnc(C)c3c2C)cc1. The topological polar surface area (TPSA) is 67.2 Å². The summed E-state index contributed by atoms with van der Waals surface area (Å²) in [5.74, 6) is 1.12. The van der Waals surface area contributed by atoms with Crippen LogP contribution in [0.25, 0.3) is 16.6 Å². The molecule has 6 rings (SSSR count). The summed E-state index contributed by atoms with van der Waals surface area (Å²) in [4.78, 5) is 17.6.